The Morgan fingerprint density at radius 1 is 1.00 bits per heavy atom. The molecule has 130 valence electrons. The molecule has 6 nitrogen and oxygen atoms in total. The van der Waals surface area contributed by atoms with Crippen molar-refractivity contribution in [3.05, 3.63) is 88.5 Å². The molecule has 3 rings (SSSR count). The number of nitrogens with zero attached hydrogens (tertiary/aromatic N) is 1. The Morgan fingerprint density at radius 3 is 2.42 bits per heavy atom. The zero-order valence-electron chi connectivity index (χ0n) is 13.6. The predicted octanol–water partition coefficient (Wildman–Crippen LogP) is 4.58. The summed E-state index contributed by atoms with van der Waals surface area (Å²) in [6.07, 6.45) is 0. The molecule has 0 atom stereocenters. The summed E-state index contributed by atoms with van der Waals surface area (Å²) < 4.78 is 0. The highest BCUT2D eigenvalue weighted by Gasteiger charge is 2.13. The van der Waals surface area contributed by atoms with E-state index in [0.29, 0.717) is 16.9 Å². The quantitative estimate of drug-likeness (QED) is 0.392. The maximum Gasteiger partial charge on any atom is 0.269 e. The lowest BCUT2D eigenvalue weighted by atomic mass is 10.2. The van der Waals surface area contributed by atoms with Crippen LogP contribution in [0.1, 0.15) is 10.4 Å². The molecule has 0 bridgehead atoms. The van der Waals surface area contributed by atoms with E-state index in [0.717, 1.165) is 9.79 Å². The van der Waals surface area contributed by atoms with E-state index in [1.807, 2.05) is 12.1 Å². The molecule has 1 amide bonds. The van der Waals surface area contributed by atoms with E-state index in [1.54, 1.807) is 48.5 Å². The number of hydrogen-bond acceptors (Lipinski definition) is 5. The van der Waals surface area contributed by atoms with Crippen LogP contribution in [0.5, 0.6) is 0 Å². The van der Waals surface area contributed by atoms with E-state index in [9.17, 15) is 14.9 Å². The highest BCUT2D eigenvalue weighted by Crippen LogP contribution is 2.32. The first-order valence-corrected chi connectivity index (χ1v) is 8.53. The van der Waals surface area contributed by atoms with Crippen molar-refractivity contribution in [3.8, 4) is 0 Å². The number of hydrogen-bond donors (Lipinski definition) is 2. The van der Waals surface area contributed by atoms with E-state index < -0.39 is 4.92 Å². The van der Waals surface area contributed by atoms with Crippen LogP contribution in [0.4, 0.5) is 17.1 Å². The number of benzene rings is 3. The van der Waals surface area contributed by atoms with E-state index in [4.69, 9.17) is 5.73 Å². The third-order valence-corrected chi connectivity index (χ3v) is 4.64. The summed E-state index contributed by atoms with van der Waals surface area (Å²) in [5.74, 6) is -0.249. The Morgan fingerprint density at radius 2 is 1.73 bits per heavy atom. The summed E-state index contributed by atoms with van der Waals surface area (Å²) in [4.78, 5) is 24.5. The van der Waals surface area contributed by atoms with Crippen LogP contribution in [-0.4, -0.2) is 10.8 Å². The number of nitro groups is 1. The van der Waals surface area contributed by atoms with Crippen molar-refractivity contribution in [3.63, 3.8) is 0 Å². The third-order valence-electron chi connectivity index (χ3n) is 3.55. The smallest absolute Gasteiger partial charge is 0.269 e. The lowest BCUT2D eigenvalue weighted by Gasteiger charge is -2.10. The molecule has 3 aromatic rings. The van der Waals surface area contributed by atoms with Crippen molar-refractivity contribution in [2.45, 2.75) is 9.79 Å². The van der Waals surface area contributed by atoms with Crippen molar-refractivity contribution in [1.82, 2.24) is 0 Å². The minimum Gasteiger partial charge on any atom is -0.399 e. The monoisotopic (exact) mass is 365 g/mol. The number of anilines is 2. The van der Waals surface area contributed by atoms with Gasteiger partial charge in [0, 0.05) is 33.3 Å². The number of nitrogens with one attached hydrogen (secondary N) is 1. The van der Waals surface area contributed by atoms with Crippen molar-refractivity contribution < 1.29 is 9.72 Å². The van der Waals surface area contributed by atoms with Gasteiger partial charge in [-0.2, -0.15) is 0 Å². The molecule has 0 aliphatic carbocycles. The maximum atomic E-state index is 12.6. The first kappa shape index (κ1) is 17.5. The molecule has 0 saturated carbocycles. The van der Waals surface area contributed by atoms with Crippen LogP contribution >= 0.6 is 11.8 Å². The molecular weight excluding hydrogens is 350 g/mol. The Bertz CT molecular complexity index is 958. The van der Waals surface area contributed by atoms with Crippen molar-refractivity contribution in [2.75, 3.05) is 11.1 Å². The van der Waals surface area contributed by atoms with Crippen LogP contribution in [0.15, 0.2) is 82.6 Å². The number of carbonyl (C=O) groups excluding carboxylic acids is 1. The number of amides is 1. The Balaban J connectivity index is 1.81. The van der Waals surface area contributed by atoms with Crippen LogP contribution in [0.25, 0.3) is 0 Å². The van der Waals surface area contributed by atoms with Gasteiger partial charge in [0.05, 0.1) is 10.5 Å². The lowest BCUT2D eigenvalue weighted by molar-refractivity contribution is -0.384. The van der Waals surface area contributed by atoms with Crippen molar-refractivity contribution in [1.29, 1.82) is 0 Å². The van der Waals surface area contributed by atoms with Gasteiger partial charge in [0.2, 0.25) is 0 Å². The van der Waals surface area contributed by atoms with Crippen molar-refractivity contribution in [2.24, 2.45) is 0 Å². The fourth-order valence-corrected chi connectivity index (χ4v) is 3.26. The zero-order valence-corrected chi connectivity index (χ0v) is 14.4. The minimum absolute atomic E-state index is 0.0297. The summed E-state index contributed by atoms with van der Waals surface area (Å²) in [5.41, 5.74) is 7.46. The van der Waals surface area contributed by atoms with Crippen molar-refractivity contribution >= 4 is 34.7 Å². The van der Waals surface area contributed by atoms with Crippen LogP contribution in [-0.2, 0) is 0 Å². The van der Waals surface area contributed by atoms with Gasteiger partial charge in [0.1, 0.15) is 0 Å². The van der Waals surface area contributed by atoms with Gasteiger partial charge < -0.3 is 11.1 Å². The van der Waals surface area contributed by atoms with Crippen LogP contribution in [0.3, 0.4) is 0 Å². The number of nitrogen functional groups attached to an aromatic ring is 1. The lowest BCUT2D eigenvalue weighted by Crippen LogP contribution is -2.13. The number of nitrogens with two attached hydrogens (primary N) is 1. The number of carbonyl (C=O) groups is 1. The number of rotatable bonds is 5. The van der Waals surface area contributed by atoms with Gasteiger partial charge in [-0.25, -0.2) is 0 Å². The second-order valence-corrected chi connectivity index (χ2v) is 6.54. The average molecular weight is 365 g/mol. The molecular formula is C19H15N3O3S. The number of non-ortho nitro benzene ring substituents is 1. The summed E-state index contributed by atoms with van der Waals surface area (Å²) in [5, 5.41) is 13.6. The first-order valence-electron chi connectivity index (χ1n) is 7.71. The normalized spacial score (nSPS) is 10.3. The molecule has 0 spiro atoms. The molecule has 0 fully saturated rings. The largest absolute Gasteiger partial charge is 0.399 e. The Hall–Kier alpha value is -3.32. The van der Waals surface area contributed by atoms with E-state index in [2.05, 4.69) is 5.32 Å². The van der Waals surface area contributed by atoms with Gasteiger partial charge in [-0.15, -0.1) is 0 Å². The molecule has 0 aliphatic heterocycles. The Labute approximate surface area is 154 Å². The zero-order chi connectivity index (χ0) is 18.5. The van der Waals surface area contributed by atoms with Gasteiger partial charge >= 0.3 is 0 Å². The maximum absolute atomic E-state index is 12.6. The number of nitro benzene ring substituents is 1. The van der Waals surface area contributed by atoms with Crippen LogP contribution in [0, 0.1) is 10.1 Å². The summed E-state index contributed by atoms with van der Waals surface area (Å²) in [7, 11) is 0. The molecule has 0 aromatic heterocycles. The highest BCUT2D eigenvalue weighted by atomic mass is 32.2. The molecule has 3 N–H and O–H groups in total. The van der Waals surface area contributed by atoms with Crippen LogP contribution < -0.4 is 11.1 Å². The summed E-state index contributed by atoms with van der Waals surface area (Å²) >= 11 is 1.37. The van der Waals surface area contributed by atoms with Gasteiger partial charge in [0.25, 0.3) is 11.6 Å². The fraction of sp³-hybridized carbons (Fsp3) is 0. The summed E-state index contributed by atoms with van der Waals surface area (Å²) in [6, 6.07) is 20.4. The van der Waals surface area contributed by atoms with Gasteiger partial charge in [-0.3, -0.25) is 14.9 Å². The van der Waals surface area contributed by atoms with Crippen LogP contribution in [0.2, 0.25) is 0 Å². The molecule has 3 aromatic carbocycles. The topological polar surface area (TPSA) is 98.3 Å². The van der Waals surface area contributed by atoms with E-state index >= 15 is 0 Å². The minimum atomic E-state index is -0.443. The molecule has 0 unspecified atom stereocenters. The molecule has 0 heterocycles. The second-order valence-electron chi connectivity index (χ2n) is 5.43. The molecule has 0 radical (unpaired) electrons. The third kappa shape index (κ3) is 4.20. The summed E-state index contributed by atoms with van der Waals surface area (Å²) in [6.45, 7) is 0. The first-order chi connectivity index (χ1) is 12.5. The Kier molecular flexibility index (Phi) is 5.19. The van der Waals surface area contributed by atoms with Gasteiger partial charge in [0.15, 0.2) is 0 Å². The molecule has 7 heteroatoms. The van der Waals surface area contributed by atoms with Gasteiger partial charge in [-0.1, -0.05) is 30.0 Å². The predicted molar refractivity (Wildman–Crippen MR) is 102 cm³/mol. The molecule has 26 heavy (non-hydrogen) atoms. The highest BCUT2D eigenvalue weighted by molar-refractivity contribution is 7.99. The molecule has 0 aliphatic rings. The molecule has 0 saturated heterocycles. The van der Waals surface area contributed by atoms with E-state index in [1.165, 1.54) is 23.9 Å². The van der Waals surface area contributed by atoms with Gasteiger partial charge in [-0.05, 0) is 42.5 Å². The average Bonchev–Trinajstić information content (AvgIpc) is 2.62. The fourth-order valence-electron chi connectivity index (χ4n) is 2.32. The standard InChI is InChI=1S/C19H15N3O3S/c20-13-4-3-5-14(12-13)21-19(23)17-6-1-2-7-18(17)26-16-10-8-15(9-11-16)22(24)25/h1-12H,20H2,(H,21,23). The SMILES string of the molecule is Nc1cccc(NC(=O)c2ccccc2Sc2ccc([N+](=O)[O-])cc2)c1. The second kappa shape index (κ2) is 7.71. The van der Waals surface area contributed by atoms with E-state index in [-0.39, 0.29) is 11.6 Å².